The van der Waals surface area contributed by atoms with E-state index in [2.05, 4.69) is 24.3 Å². The van der Waals surface area contributed by atoms with Gasteiger partial charge in [0.1, 0.15) is 0 Å². The summed E-state index contributed by atoms with van der Waals surface area (Å²) in [5.74, 6) is 0. The van der Waals surface area contributed by atoms with Crippen LogP contribution in [0.1, 0.15) is 38.5 Å². The molecule has 0 radical (unpaired) electrons. The maximum Gasteiger partial charge on any atom is 0.0384 e. The summed E-state index contributed by atoms with van der Waals surface area (Å²) < 4.78 is 0. The lowest BCUT2D eigenvalue weighted by Crippen LogP contribution is -1.97. The second kappa shape index (κ2) is 6.90. The fourth-order valence-corrected chi connectivity index (χ4v) is 1.98. The van der Waals surface area contributed by atoms with Gasteiger partial charge in [-0.15, -0.1) is 0 Å². The molecule has 1 aliphatic carbocycles. The zero-order chi connectivity index (χ0) is 9.36. The molecule has 1 saturated carbocycles. The van der Waals surface area contributed by atoms with Crippen LogP contribution in [-0.4, -0.2) is 10.2 Å². The van der Waals surface area contributed by atoms with Crippen molar-refractivity contribution in [3.05, 3.63) is 30.3 Å². The van der Waals surface area contributed by atoms with Crippen LogP contribution in [0.15, 0.2) is 30.3 Å². The van der Waals surface area contributed by atoms with Crippen LogP contribution in [-0.2, 0) is 0 Å². The van der Waals surface area contributed by atoms with Crippen molar-refractivity contribution in [1.82, 2.24) is 0 Å². The van der Waals surface area contributed by atoms with Gasteiger partial charge in [0.05, 0.1) is 0 Å². The highest BCUT2D eigenvalue weighted by atomic mass is 28.1. The Morgan fingerprint density at radius 1 is 0.692 bits per heavy atom. The Hall–Kier alpha value is -0.563. The molecule has 1 aromatic rings. The molecule has 0 saturated heterocycles. The molecule has 2 rings (SSSR count). The second-order valence-corrected chi connectivity index (χ2v) is 4.93. The molecule has 0 spiro atoms. The van der Waals surface area contributed by atoms with Crippen molar-refractivity contribution < 1.29 is 0 Å². The van der Waals surface area contributed by atoms with Crippen molar-refractivity contribution in [3.8, 4) is 0 Å². The first-order valence-electron chi connectivity index (χ1n) is 5.41. The van der Waals surface area contributed by atoms with Gasteiger partial charge in [-0.3, -0.25) is 0 Å². The monoisotopic (exact) mass is 192 g/mol. The molecule has 0 bridgehead atoms. The second-order valence-electron chi connectivity index (χ2n) is 3.78. The molecular formula is C12H20Si. The highest BCUT2D eigenvalue weighted by Crippen LogP contribution is 2.15. The van der Waals surface area contributed by atoms with Crippen molar-refractivity contribution in [1.29, 1.82) is 0 Å². The maximum atomic E-state index is 2.15. The van der Waals surface area contributed by atoms with E-state index >= 15 is 0 Å². The Bertz CT molecular complexity index is 190. The minimum Gasteiger partial charge on any atom is -0.0708 e. The predicted molar refractivity (Wildman–Crippen MR) is 63.7 cm³/mol. The summed E-state index contributed by atoms with van der Waals surface area (Å²) in [5.41, 5.74) is 0. The van der Waals surface area contributed by atoms with Gasteiger partial charge in [-0.05, 0) is 0 Å². The van der Waals surface area contributed by atoms with Crippen molar-refractivity contribution in [2.75, 3.05) is 0 Å². The van der Waals surface area contributed by atoms with E-state index < -0.39 is 0 Å². The van der Waals surface area contributed by atoms with E-state index in [-0.39, 0.29) is 0 Å². The maximum absolute atomic E-state index is 2.15. The molecule has 0 aliphatic heterocycles. The van der Waals surface area contributed by atoms with Crippen LogP contribution in [0.4, 0.5) is 0 Å². The summed E-state index contributed by atoms with van der Waals surface area (Å²) in [7, 11) is 1.17. The molecule has 1 aromatic carbocycles. The first kappa shape index (κ1) is 10.5. The van der Waals surface area contributed by atoms with Crippen LogP contribution < -0.4 is 5.19 Å². The third-order valence-corrected chi connectivity index (χ3v) is 3.11. The third kappa shape index (κ3) is 5.64. The van der Waals surface area contributed by atoms with Crippen LogP contribution in [0.25, 0.3) is 0 Å². The molecule has 0 atom stereocenters. The number of rotatable bonds is 0. The molecule has 13 heavy (non-hydrogen) atoms. The Morgan fingerprint density at radius 2 is 1.08 bits per heavy atom. The van der Waals surface area contributed by atoms with E-state index in [1.807, 2.05) is 6.07 Å². The molecule has 0 unspecified atom stereocenters. The fourth-order valence-electron chi connectivity index (χ4n) is 1.60. The van der Waals surface area contributed by atoms with E-state index in [0.29, 0.717) is 0 Å². The van der Waals surface area contributed by atoms with Gasteiger partial charge in [-0.25, -0.2) is 0 Å². The van der Waals surface area contributed by atoms with Gasteiger partial charge in [0, 0.05) is 10.2 Å². The van der Waals surface area contributed by atoms with E-state index in [0.717, 1.165) is 0 Å². The normalized spacial score (nSPS) is 16.0. The van der Waals surface area contributed by atoms with E-state index in [9.17, 15) is 0 Å². The highest BCUT2D eigenvalue weighted by Gasteiger charge is 1.95. The van der Waals surface area contributed by atoms with Gasteiger partial charge in [-0.2, -0.15) is 0 Å². The van der Waals surface area contributed by atoms with E-state index in [1.54, 1.807) is 0 Å². The Kier molecular flexibility index (Phi) is 5.58. The molecule has 1 aliphatic rings. The molecule has 0 amide bonds. The van der Waals surface area contributed by atoms with Crippen LogP contribution >= 0.6 is 0 Å². The lowest BCUT2D eigenvalue weighted by atomic mass is 10.0. The largest absolute Gasteiger partial charge is 0.0708 e. The van der Waals surface area contributed by atoms with Crippen molar-refractivity contribution in [3.63, 3.8) is 0 Å². The molecule has 0 nitrogen and oxygen atoms in total. The Morgan fingerprint density at radius 3 is 1.31 bits per heavy atom. The first-order valence-corrected chi connectivity index (χ1v) is 6.41. The summed E-state index contributed by atoms with van der Waals surface area (Å²) in [6, 6.07) is 10.5. The van der Waals surface area contributed by atoms with Gasteiger partial charge >= 0.3 is 0 Å². The third-order valence-electron chi connectivity index (χ3n) is 2.44. The Labute approximate surface area is 84.8 Å². The van der Waals surface area contributed by atoms with E-state index in [4.69, 9.17) is 0 Å². The van der Waals surface area contributed by atoms with Crippen LogP contribution in [0.5, 0.6) is 0 Å². The molecule has 1 heteroatoms. The lowest BCUT2D eigenvalue weighted by Gasteiger charge is -2.05. The van der Waals surface area contributed by atoms with Gasteiger partial charge in [0.2, 0.25) is 0 Å². The summed E-state index contributed by atoms with van der Waals surface area (Å²) >= 11 is 0. The van der Waals surface area contributed by atoms with Gasteiger partial charge in [0.25, 0.3) is 0 Å². The van der Waals surface area contributed by atoms with Crippen molar-refractivity contribution in [2.45, 2.75) is 38.5 Å². The Balaban J connectivity index is 0.000000132. The quantitative estimate of drug-likeness (QED) is 0.552. The summed E-state index contributed by atoms with van der Waals surface area (Å²) in [6.07, 6.45) is 9.00. The highest BCUT2D eigenvalue weighted by molar-refractivity contribution is 6.32. The number of hydrogen-bond donors (Lipinski definition) is 0. The van der Waals surface area contributed by atoms with Crippen LogP contribution in [0.2, 0.25) is 0 Å². The SMILES string of the molecule is C1CCCCC1.[SiH3]c1ccccc1. The first-order chi connectivity index (χ1) is 6.39. The smallest absolute Gasteiger partial charge is 0.0384 e. The molecule has 0 heterocycles. The zero-order valence-electron chi connectivity index (χ0n) is 8.63. The molecule has 72 valence electrons. The lowest BCUT2D eigenvalue weighted by molar-refractivity contribution is 0.504. The average molecular weight is 192 g/mol. The predicted octanol–water partition coefficient (Wildman–Crippen LogP) is 2.02. The topological polar surface area (TPSA) is 0 Å². The van der Waals surface area contributed by atoms with Crippen molar-refractivity contribution >= 4 is 15.4 Å². The van der Waals surface area contributed by atoms with Gasteiger partial charge in [0.15, 0.2) is 0 Å². The summed E-state index contributed by atoms with van der Waals surface area (Å²) in [4.78, 5) is 0. The molecule has 0 aromatic heterocycles. The van der Waals surface area contributed by atoms with Crippen LogP contribution in [0, 0.1) is 0 Å². The molecular weight excluding hydrogens is 172 g/mol. The standard InChI is InChI=1S/C6H8Si.C6H12/c7-6-4-2-1-3-5-6;1-2-4-6-5-3-1/h1-5H,7H3;1-6H2. The minimum absolute atomic E-state index is 1.17. The fraction of sp³-hybridized carbons (Fsp3) is 0.500. The van der Waals surface area contributed by atoms with Crippen LogP contribution in [0.3, 0.4) is 0 Å². The van der Waals surface area contributed by atoms with E-state index in [1.165, 1.54) is 54.0 Å². The minimum atomic E-state index is 1.17. The van der Waals surface area contributed by atoms with Crippen molar-refractivity contribution in [2.24, 2.45) is 0 Å². The van der Waals surface area contributed by atoms with Gasteiger partial charge < -0.3 is 0 Å². The molecule has 0 N–H and O–H groups in total. The summed E-state index contributed by atoms with van der Waals surface area (Å²) in [5, 5.41) is 1.46. The molecule has 1 fully saturated rings. The average Bonchev–Trinajstić information content (AvgIpc) is 2.22. The number of benzene rings is 1. The summed E-state index contributed by atoms with van der Waals surface area (Å²) in [6.45, 7) is 0. The zero-order valence-corrected chi connectivity index (χ0v) is 10.6. The van der Waals surface area contributed by atoms with Gasteiger partial charge in [-0.1, -0.05) is 74.0 Å². The number of hydrogen-bond acceptors (Lipinski definition) is 0.